The van der Waals surface area contributed by atoms with Gasteiger partial charge in [0.15, 0.2) is 15.8 Å². The van der Waals surface area contributed by atoms with Crippen LogP contribution in [-0.4, -0.2) is 50.2 Å². The van der Waals surface area contributed by atoms with Crippen molar-refractivity contribution < 1.29 is 8.42 Å². The standard InChI is InChI=1S/C21H27N5O2S.HI/c1-16-5-4-14-26-15-18(25-20(16)26)11-13-24-21(22-2)23-12-10-17-6-8-19(9-7-17)29(3,27)28;/h4-9,14-15H,10-13H2,1-3H3,(H2,22,23,24);1H. The Kier molecular flexibility index (Phi) is 8.65. The van der Waals surface area contributed by atoms with Crippen molar-refractivity contribution in [3.63, 3.8) is 0 Å². The van der Waals surface area contributed by atoms with E-state index in [1.165, 1.54) is 6.26 Å². The number of sulfone groups is 1. The number of halogens is 1. The van der Waals surface area contributed by atoms with E-state index in [0.717, 1.165) is 47.8 Å². The molecule has 0 bridgehead atoms. The topological polar surface area (TPSA) is 87.9 Å². The molecule has 0 aliphatic heterocycles. The molecular weight excluding hydrogens is 513 g/mol. The number of imidazole rings is 1. The van der Waals surface area contributed by atoms with E-state index < -0.39 is 9.84 Å². The third-order valence-electron chi connectivity index (χ3n) is 4.68. The zero-order chi connectivity index (χ0) is 20.9. The van der Waals surface area contributed by atoms with Gasteiger partial charge in [-0.25, -0.2) is 13.4 Å². The molecule has 3 aromatic rings. The molecule has 7 nitrogen and oxygen atoms in total. The number of hydrogen-bond acceptors (Lipinski definition) is 4. The first-order chi connectivity index (χ1) is 13.9. The third kappa shape index (κ3) is 6.43. The normalized spacial score (nSPS) is 11.9. The van der Waals surface area contributed by atoms with Crippen molar-refractivity contribution in [1.82, 2.24) is 20.0 Å². The van der Waals surface area contributed by atoms with Crippen LogP contribution in [0.3, 0.4) is 0 Å². The lowest BCUT2D eigenvalue weighted by Crippen LogP contribution is -2.39. The van der Waals surface area contributed by atoms with E-state index in [1.807, 2.05) is 28.8 Å². The van der Waals surface area contributed by atoms with Crippen molar-refractivity contribution in [2.24, 2.45) is 4.99 Å². The zero-order valence-corrected chi connectivity index (χ0v) is 20.6. The van der Waals surface area contributed by atoms with Crippen LogP contribution in [0.25, 0.3) is 5.65 Å². The van der Waals surface area contributed by atoms with Gasteiger partial charge >= 0.3 is 0 Å². The van der Waals surface area contributed by atoms with E-state index in [2.05, 4.69) is 39.8 Å². The van der Waals surface area contributed by atoms with Gasteiger partial charge in [0.2, 0.25) is 0 Å². The molecule has 0 fully saturated rings. The zero-order valence-electron chi connectivity index (χ0n) is 17.4. The van der Waals surface area contributed by atoms with Crippen LogP contribution in [0.1, 0.15) is 16.8 Å². The smallest absolute Gasteiger partial charge is 0.190 e. The molecule has 162 valence electrons. The van der Waals surface area contributed by atoms with Crippen LogP contribution in [-0.2, 0) is 22.7 Å². The van der Waals surface area contributed by atoms with E-state index in [0.29, 0.717) is 11.4 Å². The summed E-state index contributed by atoms with van der Waals surface area (Å²) in [5, 5.41) is 6.58. The SMILES string of the molecule is CN=C(NCCc1ccc(S(C)(=O)=O)cc1)NCCc1cn2cccc(C)c2n1.I. The highest BCUT2D eigenvalue weighted by atomic mass is 127. The summed E-state index contributed by atoms with van der Waals surface area (Å²) in [6, 6.07) is 11.1. The number of guanidine groups is 1. The van der Waals surface area contributed by atoms with Gasteiger partial charge in [0.1, 0.15) is 5.65 Å². The summed E-state index contributed by atoms with van der Waals surface area (Å²) in [7, 11) is -1.41. The number of aryl methyl sites for hydroxylation is 1. The lowest BCUT2D eigenvalue weighted by Gasteiger charge is -2.11. The molecule has 9 heteroatoms. The second-order valence-corrected chi connectivity index (χ2v) is 9.01. The van der Waals surface area contributed by atoms with Gasteiger partial charge < -0.3 is 15.0 Å². The van der Waals surface area contributed by atoms with Gasteiger partial charge in [-0.05, 0) is 42.7 Å². The lowest BCUT2D eigenvalue weighted by atomic mass is 10.1. The molecule has 0 radical (unpaired) electrons. The predicted octanol–water partition coefficient (Wildman–Crippen LogP) is 2.61. The van der Waals surface area contributed by atoms with Gasteiger partial charge in [-0.1, -0.05) is 18.2 Å². The summed E-state index contributed by atoms with van der Waals surface area (Å²) in [6.45, 7) is 3.49. The Morgan fingerprint density at radius 2 is 1.77 bits per heavy atom. The second-order valence-electron chi connectivity index (χ2n) is 7.00. The van der Waals surface area contributed by atoms with E-state index in [1.54, 1.807) is 19.2 Å². The molecule has 3 rings (SSSR count). The van der Waals surface area contributed by atoms with Gasteiger partial charge in [-0.3, -0.25) is 4.99 Å². The van der Waals surface area contributed by atoms with Gasteiger partial charge in [0.05, 0.1) is 10.6 Å². The van der Waals surface area contributed by atoms with Crippen molar-refractivity contribution in [1.29, 1.82) is 0 Å². The maximum atomic E-state index is 11.5. The Bertz CT molecular complexity index is 1110. The highest BCUT2D eigenvalue weighted by molar-refractivity contribution is 14.0. The number of benzene rings is 1. The Labute approximate surface area is 195 Å². The number of hydrogen-bond donors (Lipinski definition) is 2. The number of nitrogens with one attached hydrogen (secondary N) is 2. The predicted molar refractivity (Wildman–Crippen MR) is 132 cm³/mol. The van der Waals surface area contributed by atoms with E-state index in [4.69, 9.17) is 0 Å². The van der Waals surface area contributed by atoms with Gasteiger partial charge in [-0.2, -0.15) is 0 Å². The monoisotopic (exact) mass is 541 g/mol. The summed E-state index contributed by atoms with van der Waals surface area (Å²) in [5.74, 6) is 0.734. The summed E-state index contributed by atoms with van der Waals surface area (Å²) >= 11 is 0. The van der Waals surface area contributed by atoms with Crippen LogP contribution in [0.5, 0.6) is 0 Å². The molecule has 1 aromatic carbocycles. The average Bonchev–Trinajstić information content (AvgIpc) is 3.11. The average molecular weight is 541 g/mol. The van der Waals surface area contributed by atoms with Crippen LogP contribution in [0.4, 0.5) is 0 Å². The van der Waals surface area contributed by atoms with Crippen LogP contribution in [0, 0.1) is 6.92 Å². The van der Waals surface area contributed by atoms with Crippen molar-refractivity contribution in [2.45, 2.75) is 24.7 Å². The van der Waals surface area contributed by atoms with Gasteiger partial charge in [0.25, 0.3) is 0 Å². The van der Waals surface area contributed by atoms with Crippen LogP contribution in [0.2, 0.25) is 0 Å². The van der Waals surface area contributed by atoms with Crippen molar-refractivity contribution >= 4 is 45.4 Å². The maximum absolute atomic E-state index is 11.5. The summed E-state index contributed by atoms with van der Waals surface area (Å²) in [5.41, 5.74) is 4.26. The van der Waals surface area contributed by atoms with Crippen LogP contribution >= 0.6 is 24.0 Å². The molecule has 0 saturated carbocycles. The molecule has 0 aliphatic carbocycles. The molecule has 0 aliphatic rings. The van der Waals surface area contributed by atoms with Gasteiger partial charge in [-0.15, -0.1) is 24.0 Å². The minimum Gasteiger partial charge on any atom is -0.356 e. The van der Waals surface area contributed by atoms with Crippen molar-refractivity contribution in [2.75, 3.05) is 26.4 Å². The van der Waals surface area contributed by atoms with Crippen molar-refractivity contribution in [3.05, 3.63) is 65.6 Å². The van der Waals surface area contributed by atoms with Gasteiger partial charge in [0, 0.05) is 45.2 Å². The molecule has 2 N–H and O–H groups in total. The molecule has 0 unspecified atom stereocenters. The summed E-state index contributed by atoms with van der Waals surface area (Å²) in [6.07, 6.45) is 6.85. The molecule has 30 heavy (non-hydrogen) atoms. The maximum Gasteiger partial charge on any atom is 0.190 e. The molecule has 2 aromatic heterocycles. The first-order valence-corrected chi connectivity index (χ1v) is 11.4. The molecule has 0 atom stereocenters. The summed E-state index contributed by atoms with van der Waals surface area (Å²) in [4.78, 5) is 9.27. The number of aliphatic imine (C=N–C) groups is 1. The molecule has 0 spiro atoms. The number of nitrogens with zero attached hydrogens (tertiary/aromatic N) is 3. The van der Waals surface area contributed by atoms with Crippen LogP contribution in [0.15, 0.2) is 58.7 Å². The number of pyridine rings is 1. The number of fused-ring (bicyclic) bond motifs is 1. The second kappa shape index (κ2) is 10.8. The highest BCUT2D eigenvalue weighted by Crippen LogP contribution is 2.11. The fourth-order valence-corrected chi connectivity index (χ4v) is 3.71. The Morgan fingerprint density at radius 3 is 2.37 bits per heavy atom. The Balaban J connectivity index is 0.00000320. The number of rotatable bonds is 7. The molecule has 0 saturated heterocycles. The highest BCUT2D eigenvalue weighted by Gasteiger charge is 2.07. The minimum atomic E-state index is -3.15. The number of aromatic nitrogens is 2. The Hall–Kier alpha value is -2.14. The lowest BCUT2D eigenvalue weighted by molar-refractivity contribution is 0.602. The Morgan fingerprint density at radius 1 is 1.10 bits per heavy atom. The van der Waals surface area contributed by atoms with E-state index >= 15 is 0 Å². The minimum absolute atomic E-state index is 0. The molecule has 0 amide bonds. The summed E-state index contributed by atoms with van der Waals surface area (Å²) < 4.78 is 25.1. The van der Waals surface area contributed by atoms with Crippen molar-refractivity contribution in [3.8, 4) is 0 Å². The molecular formula is C21H28IN5O2S. The van der Waals surface area contributed by atoms with E-state index in [-0.39, 0.29) is 24.0 Å². The van der Waals surface area contributed by atoms with Crippen LogP contribution < -0.4 is 10.6 Å². The molecule has 2 heterocycles. The fourth-order valence-electron chi connectivity index (χ4n) is 3.08. The largest absolute Gasteiger partial charge is 0.356 e. The fraction of sp³-hybridized carbons (Fsp3) is 0.333. The quantitative estimate of drug-likeness (QED) is 0.273. The first-order valence-electron chi connectivity index (χ1n) is 9.53. The third-order valence-corrected chi connectivity index (χ3v) is 5.81. The first kappa shape index (κ1) is 24.1. The van der Waals surface area contributed by atoms with E-state index in [9.17, 15) is 8.42 Å².